The summed E-state index contributed by atoms with van der Waals surface area (Å²) in [7, 11) is -3.85. The molecule has 0 saturated heterocycles. The van der Waals surface area contributed by atoms with Crippen LogP contribution in [0.4, 0.5) is 5.13 Å². The van der Waals surface area contributed by atoms with E-state index in [1.165, 1.54) is 35.6 Å². The molecule has 0 aliphatic carbocycles. The fraction of sp³-hybridized carbons (Fsp3) is 0.250. The Hall–Kier alpha value is -2.79. The predicted octanol–water partition coefficient (Wildman–Crippen LogP) is 2.21. The normalized spacial score (nSPS) is 10.9. The highest BCUT2D eigenvalue weighted by molar-refractivity contribution is 7.89. The van der Waals surface area contributed by atoms with Crippen molar-refractivity contribution in [1.29, 1.82) is 10.5 Å². The van der Waals surface area contributed by atoms with E-state index in [1.807, 2.05) is 12.1 Å². The van der Waals surface area contributed by atoms with Gasteiger partial charge in [-0.2, -0.15) is 14.8 Å². The van der Waals surface area contributed by atoms with Gasteiger partial charge >= 0.3 is 0 Å². The molecular weight excluding hydrogens is 374 g/mol. The van der Waals surface area contributed by atoms with E-state index < -0.39 is 15.9 Å². The van der Waals surface area contributed by atoms with E-state index in [9.17, 15) is 13.2 Å². The van der Waals surface area contributed by atoms with Gasteiger partial charge in [0.05, 0.1) is 17.0 Å². The Morgan fingerprint density at radius 2 is 1.77 bits per heavy atom. The van der Waals surface area contributed by atoms with Crippen molar-refractivity contribution in [2.75, 3.05) is 18.4 Å². The van der Waals surface area contributed by atoms with Gasteiger partial charge in [0.2, 0.25) is 10.0 Å². The standard InChI is InChI=1S/C16H15N5O3S2/c17-7-1-10-21(11-2-8-18)26(23,24)14-5-3-13(4-6-14)15(22)20-16-19-9-12-25-16/h3-6,9,12H,1-2,10-11H2,(H,19,20,22). The Morgan fingerprint density at radius 1 is 1.15 bits per heavy atom. The highest BCUT2D eigenvalue weighted by Gasteiger charge is 2.24. The average Bonchev–Trinajstić information content (AvgIpc) is 3.14. The minimum atomic E-state index is -3.85. The maximum atomic E-state index is 12.7. The van der Waals surface area contributed by atoms with E-state index in [0.29, 0.717) is 10.7 Å². The number of thiazole rings is 1. The molecule has 1 aromatic heterocycles. The number of amides is 1. The first kappa shape index (κ1) is 19.5. The molecule has 2 aromatic rings. The van der Waals surface area contributed by atoms with Crippen LogP contribution in [0.3, 0.4) is 0 Å². The third-order valence-electron chi connectivity index (χ3n) is 3.35. The van der Waals surface area contributed by atoms with Crippen molar-refractivity contribution in [2.24, 2.45) is 0 Å². The van der Waals surface area contributed by atoms with E-state index in [0.717, 1.165) is 4.31 Å². The Balaban J connectivity index is 2.17. The second-order valence-corrected chi connectivity index (χ2v) is 7.87. The summed E-state index contributed by atoms with van der Waals surface area (Å²) in [6.45, 7) is 0.0135. The van der Waals surface area contributed by atoms with E-state index >= 15 is 0 Å². The number of nitriles is 2. The van der Waals surface area contributed by atoms with Gasteiger partial charge in [-0.1, -0.05) is 0 Å². The van der Waals surface area contributed by atoms with Crippen molar-refractivity contribution < 1.29 is 13.2 Å². The molecule has 1 amide bonds. The van der Waals surface area contributed by atoms with Crippen molar-refractivity contribution in [2.45, 2.75) is 17.7 Å². The van der Waals surface area contributed by atoms with Crippen LogP contribution in [0, 0.1) is 22.7 Å². The van der Waals surface area contributed by atoms with Gasteiger partial charge in [0, 0.05) is 43.1 Å². The number of benzene rings is 1. The van der Waals surface area contributed by atoms with Gasteiger partial charge in [-0.25, -0.2) is 13.4 Å². The fourth-order valence-electron chi connectivity index (χ4n) is 2.08. The van der Waals surface area contributed by atoms with E-state index in [4.69, 9.17) is 10.5 Å². The zero-order valence-corrected chi connectivity index (χ0v) is 15.3. The predicted molar refractivity (Wildman–Crippen MR) is 95.7 cm³/mol. The zero-order valence-electron chi connectivity index (χ0n) is 13.6. The summed E-state index contributed by atoms with van der Waals surface area (Å²) < 4.78 is 26.5. The lowest BCUT2D eigenvalue weighted by Crippen LogP contribution is -2.32. The topological polar surface area (TPSA) is 127 Å². The van der Waals surface area contributed by atoms with E-state index in [-0.39, 0.29) is 30.8 Å². The van der Waals surface area contributed by atoms with E-state index in [2.05, 4.69) is 10.3 Å². The van der Waals surface area contributed by atoms with Crippen LogP contribution in [0.25, 0.3) is 0 Å². The lowest BCUT2D eigenvalue weighted by Gasteiger charge is -2.20. The number of carbonyl (C=O) groups is 1. The van der Waals surface area contributed by atoms with Gasteiger partial charge in [0.1, 0.15) is 0 Å². The number of carbonyl (C=O) groups excluding carboxylic acids is 1. The summed E-state index contributed by atoms with van der Waals surface area (Å²) in [5, 5.41) is 22.2. The molecule has 0 atom stereocenters. The molecule has 10 heteroatoms. The first-order valence-electron chi connectivity index (χ1n) is 7.54. The van der Waals surface area contributed by atoms with Crippen LogP contribution in [0.5, 0.6) is 0 Å². The maximum Gasteiger partial charge on any atom is 0.257 e. The lowest BCUT2D eigenvalue weighted by molar-refractivity contribution is 0.102. The number of nitrogens with zero attached hydrogens (tertiary/aromatic N) is 4. The summed E-state index contributed by atoms with van der Waals surface area (Å²) in [5.41, 5.74) is 0.291. The molecule has 1 aromatic carbocycles. The van der Waals surface area contributed by atoms with Crippen LogP contribution < -0.4 is 5.32 Å². The molecule has 1 heterocycles. The maximum absolute atomic E-state index is 12.7. The molecule has 0 radical (unpaired) electrons. The Bertz CT molecular complexity index is 908. The molecular formula is C16H15N5O3S2. The van der Waals surface area contributed by atoms with Gasteiger partial charge < -0.3 is 0 Å². The molecule has 1 N–H and O–H groups in total. The van der Waals surface area contributed by atoms with Crippen LogP contribution in [0.1, 0.15) is 23.2 Å². The zero-order chi connectivity index (χ0) is 19.0. The number of hydrogen-bond donors (Lipinski definition) is 1. The fourth-order valence-corrected chi connectivity index (χ4v) is 4.05. The molecule has 134 valence electrons. The van der Waals surface area contributed by atoms with Crippen LogP contribution in [-0.2, 0) is 10.0 Å². The second-order valence-electron chi connectivity index (χ2n) is 5.04. The molecule has 0 unspecified atom stereocenters. The summed E-state index contributed by atoms with van der Waals surface area (Å²) >= 11 is 1.27. The number of aromatic nitrogens is 1. The molecule has 0 spiro atoms. The SMILES string of the molecule is N#CCCN(CCC#N)S(=O)(=O)c1ccc(C(=O)Nc2nccs2)cc1. The van der Waals surface area contributed by atoms with Gasteiger partial charge in [-0.3, -0.25) is 10.1 Å². The first-order valence-corrected chi connectivity index (χ1v) is 9.86. The number of sulfonamides is 1. The van der Waals surface area contributed by atoms with Crippen molar-refractivity contribution in [1.82, 2.24) is 9.29 Å². The molecule has 0 aliphatic heterocycles. The summed E-state index contributed by atoms with van der Waals surface area (Å²) in [6, 6.07) is 9.27. The number of rotatable bonds is 8. The van der Waals surface area contributed by atoms with Crippen molar-refractivity contribution in [3.63, 3.8) is 0 Å². The molecule has 0 bridgehead atoms. The van der Waals surface area contributed by atoms with Crippen molar-refractivity contribution >= 4 is 32.4 Å². The minimum absolute atomic E-state index is 0.000761. The third kappa shape index (κ3) is 4.86. The Kier molecular flexibility index (Phi) is 6.81. The third-order valence-corrected chi connectivity index (χ3v) is 5.95. The molecule has 8 nitrogen and oxygen atoms in total. The van der Waals surface area contributed by atoms with Crippen LogP contribution in [-0.4, -0.2) is 36.7 Å². The molecule has 0 saturated carbocycles. The number of nitrogens with one attached hydrogen (secondary N) is 1. The molecule has 2 rings (SSSR count). The quantitative estimate of drug-likeness (QED) is 0.737. The van der Waals surface area contributed by atoms with E-state index in [1.54, 1.807) is 11.6 Å². The number of hydrogen-bond acceptors (Lipinski definition) is 7. The summed E-state index contributed by atoms with van der Waals surface area (Å²) in [5.74, 6) is -0.394. The van der Waals surface area contributed by atoms with Gasteiger partial charge in [-0.05, 0) is 24.3 Å². The second kappa shape index (κ2) is 9.06. The molecule has 0 fully saturated rings. The average molecular weight is 389 g/mol. The minimum Gasteiger partial charge on any atom is -0.298 e. The van der Waals surface area contributed by atoms with Crippen molar-refractivity contribution in [3.05, 3.63) is 41.4 Å². The van der Waals surface area contributed by atoms with Gasteiger partial charge in [0.15, 0.2) is 5.13 Å². The summed E-state index contributed by atoms with van der Waals surface area (Å²) in [4.78, 5) is 16.1. The summed E-state index contributed by atoms with van der Waals surface area (Å²) in [6.07, 6.45) is 1.62. The smallest absolute Gasteiger partial charge is 0.257 e. The van der Waals surface area contributed by atoms with Crippen LogP contribution in [0.15, 0.2) is 40.7 Å². The lowest BCUT2D eigenvalue weighted by atomic mass is 10.2. The van der Waals surface area contributed by atoms with Crippen LogP contribution >= 0.6 is 11.3 Å². The van der Waals surface area contributed by atoms with Gasteiger partial charge in [0.25, 0.3) is 5.91 Å². The highest BCUT2D eigenvalue weighted by Crippen LogP contribution is 2.18. The number of anilines is 1. The Morgan fingerprint density at radius 3 is 2.27 bits per heavy atom. The van der Waals surface area contributed by atoms with Gasteiger partial charge in [-0.15, -0.1) is 11.3 Å². The monoisotopic (exact) mass is 389 g/mol. The largest absolute Gasteiger partial charge is 0.298 e. The Labute approximate surface area is 155 Å². The van der Waals surface area contributed by atoms with Crippen LogP contribution in [0.2, 0.25) is 0 Å². The van der Waals surface area contributed by atoms with Crippen molar-refractivity contribution in [3.8, 4) is 12.1 Å². The highest BCUT2D eigenvalue weighted by atomic mass is 32.2. The molecule has 0 aliphatic rings. The first-order chi connectivity index (χ1) is 12.5. The molecule has 26 heavy (non-hydrogen) atoms.